The fraction of sp³-hybridized carbons (Fsp3) is 1.00. The molecular weight excluding hydrogens is 172 g/mol. The lowest BCUT2D eigenvalue weighted by molar-refractivity contribution is 0.419. The van der Waals surface area contributed by atoms with Gasteiger partial charge in [0.15, 0.2) is 0 Å². The molecule has 0 aliphatic rings. The number of hydrogen-bond acceptors (Lipinski definition) is 2. The van der Waals surface area contributed by atoms with Crippen LogP contribution in [0.2, 0.25) is 0 Å². The first-order chi connectivity index (χ1) is 2.56. The second-order valence-corrected chi connectivity index (χ2v) is 3.37. The third-order valence-electron chi connectivity index (χ3n) is 0.134. The Hall–Kier alpha value is 0.390. The molecule has 0 spiro atoms. The Morgan fingerprint density at radius 1 is 1.50 bits per heavy atom. The predicted molar refractivity (Wildman–Crippen MR) is 23.4 cm³/mol. The number of hydrogen-bond donors (Lipinski definition) is 0. The van der Waals surface area contributed by atoms with E-state index in [0.29, 0.717) is 0 Å². The summed E-state index contributed by atoms with van der Waals surface area (Å²) >= 11 is 2.47. The zero-order valence-electron chi connectivity index (χ0n) is 2.72. The second kappa shape index (κ2) is 1.90. The molecule has 0 aromatic heterocycles. The van der Waals surface area contributed by atoms with Gasteiger partial charge in [0.25, 0.3) is 0 Å². The molecule has 0 aliphatic heterocycles. The Balaban J connectivity index is 3.85. The fourth-order valence-electron chi connectivity index (χ4n) is 0. The molecule has 0 rings (SSSR count). The monoisotopic (exact) mass is 173 g/mol. The molecular formula is CH2BrO3S. The Bertz CT molecular complexity index is 113. The Labute approximate surface area is 44.2 Å². The van der Waals surface area contributed by atoms with Crippen LogP contribution in [0.25, 0.3) is 0 Å². The van der Waals surface area contributed by atoms with Gasteiger partial charge in [-0.1, -0.05) is 20.5 Å². The van der Waals surface area contributed by atoms with Gasteiger partial charge in [-0.3, -0.25) is 0 Å². The molecule has 0 unspecified atom stereocenters. The van der Waals surface area contributed by atoms with E-state index in [1.807, 2.05) is 0 Å². The van der Waals surface area contributed by atoms with Gasteiger partial charge in [-0.25, -0.2) is 0 Å². The molecule has 0 fully saturated rings. The Morgan fingerprint density at radius 2 is 1.67 bits per heavy atom. The maximum absolute atomic E-state index is 9.40. The molecule has 0 amide bonds. The van der Waals surface area contributed by atoms with Crippen molar-refractivity contribution in [3.63, 3.8) is 0 Å². The molecule has 0 aliphatic carbocycles. The van der Waals surface area contributed by atoms with Crippen molar-refractivity contribution >= 4 is 26.0 Å². The van der Waals surface area contributed by atoms with Gasteiger partial charge >= 0.3 is 10.1 Å². The van der Waals surface area contributed by atoms with Gasteiger partial charge in [0.1, 0.15) is 4.66 Å². The van der Waals surface area contributed by atoms with E-state index >= 15 is 0 Å². The minimum Gasteiger partial charge on any atom is -0.196 e. The average molecular weight is 174 g/mol. The molecule has 0 N–H and O–H groups in total. The molecule has 5 heteroatoms. The Kier molecular flexibility index (Phi) is 2.03. The largest absolute Gasteiger partial charge is 0.304 e. The van der Waals surface area contributed by atoms with Gasteiger partial charge < -0.3 is 0 Å². The normalized spacial score (nSPS) is 11.7. The molecule has 1 radical (unpaired) electrons. The minimum absolute atomic E-state index is 0.500. The first-order valence-corrected chi connectivity index (χ1v) is 3.75. The summed E-state index contributed by atoms with van der Waals surface area (Å²) in [5.41, 5.74) is 0. The lowest BCUT2D eigenvalue weighted by atomic mass is 11.9. The highest BCUT2D eigenvalue weighted by atomic mass is 79.9. The van der Waals surface area contributed by atoms with Crippen LogP contribution in [0.4, 0.5) is 0 Å². The predicted octanol–water partition coefficient (Wildman–Crippen LogP) is 0.0991. The van der Waals surface area contributed by atoms with Crippen LogP contribution in [-0.4, -0.2) is 13.1 Å². The van der Waals surface area contributed by atoms with E-state index in [9.17, 15) is 13.0 Å². The summed E-state index contributed by atoms with van der Waals surface area (Å²) in [6.07, 6.45) is 0. The summed E-state index contributed by atoms with van der Waals surface area (Å²) in [6, 6.07) is 0. The Morgan fingerprint density at radius 3 is 1.67 bits per heavy atom. The lowest BCUT2D eigenvalue weighted by Crippen LogP contribution is -1.92. The van der Waals surface area contributed by atoms with Crippen molar-refractivity contribution in [2.24, 2.45) is 0 Å². The standard InChI is InChI=1S/CH2BrO3S/c2-1-6(3,4)5/h1H2. The summed E-state index contributed by atoms with van der Waals surface area (Å²) in [4.78, 5) is 0. The number of halogens is 1. The maximum atomic E-state index is 9.40. The highest BCUT2D eigenvalue weighted by Crippen LogP contribution is 1.87. The van der Waals surface area contributed by atoms with Crippen molar-refractivity contribution < 1.29 is 13.0 Å². The highest BCUT2D eigenvalue weighted by molar-refractivity contribution is 9.10. The molecule has 3 nitrogen and oxygen atoms in total. The summed E-state index contributed by atoms with van der Waals surface area (Å²) in [7, 11) is -4.00. The van der Waals surface area contributed by atoms with Gasteiger partial charge in [-0.2, -0.15) is 8.42 Å². The van der Waals surface area contributed by atoms with Crippen LogP contribution in [0, 0.1) is 0 Å². The van der Waals surface area contributed by atoms with Crippen LogP contribution in [0.3, 0.4) is 0 Å². The van der Waals surface area contributed by atoms with Crippen LogP contribution in [0.5, 0.6) is 0 Å². The van der Waals surface area contributed by atoms with Crippen LogP contribution in [0.15, 0.2) is 0 Å². The molecule has 0 saturated heterocycles. The van der Waals surface area contributed by atoms with E-state index < -0.39 is 14.8 Å². The summed E-state index contributed by atoms with van der Waals surface area (Å²) < 4.78 is 27.7. The van der Waals surface area contributed by atoms with Crippen molar-refractivity contribution in [3.8, 4) is 0 Å². The van der Waals surface area contributed by atoms with Crippen LogP contribution in [0.1, 0.15) is 0 Å². The van der Waals surface area contributed by atoms with E-state index in [1.54, 1.807) is 0 Å². The summed E-state index contributed by atoms with van der Waals surface area (Å²) in [5.74, 6) is 0. The van der Waals surface area contributed by atoms with Gasteiger partial charge in [-0.05, 0) is 0 Å². The maximum Gasteiger partial charge on any atom is 0.304 e. The SMILES string of the molecule is [O]S(=O)(=O)CBr. The molecule has 0 saturated carbocycles. The molecule has 6 heavy (non-hydrogen) atoms. The smallest absolute Gasteiger partial charge is 0.196 e. The third-order valence-corrected chi connectivity index (χ3v) is 2.08. The number of rotatable bonds is 1. The van der Waals surface area contributed by atoms with Gasteiger partial charge in [-0.15, -0.1) is 0 Å². The van der Waals surface area contributed by atoms with E-state index in [4.69, 9.17) is 0 Å². The van der Waals surface area contributed by atoms with Crippen LogP contribution in [-0.2, 0) is 14.7 Å². The van der Waals surface area contributed by atoms with Crippen molar-refractivity contribution in [2.75, 3.05) is 4.66 Å². The van der Waals surface area contributed by atoms with Crippen molar-refractivity contribution in [1.29, 1.82) is 0 Å². The minimum atomic E-state index is -4.00. The van der Waals surface area contributed by atoms with Crippen LogP contribution >= 0.6 is 15.9 Å². The summed E-state index contributed by atoms with van der Waals surface area (Å²) in [6.45, 7) is 0. The third kappa shape index (κ3) is 4.39. The van der Waals surface area contributed by atoms with Crippen molar-refractivity contribution in [2.45, 2.75) is 0 Å². The topological polar surface area (TPSA) is 54.0 Å². The fourth-order valence-corrected chi connectivity index (χ4v) is 0. The van der Waals surface area contributed by atoms with Gasteiger partial charge in [0.05, 0.1) is 0 Å². The van der Waals surface area contributed by atoms with Crippen molar-refractivity contribution in [1.82, 2.24) is 0 Å². The van der Waals surface area contributed by atoms with E-state index in [1.165, 1.54) is 0 Å². The molecule has 0 aromatic carbocycles. The van der Waals surface area contributed by atoms with Gasteiger partial charge in [0, 0.05) is 0 Å². The quantitative estimate of drug-likeness (QED) is 0.529. The van der Waals surface area contributed by atoms with Gasteiger partial charge in [0.2, 0.25) is 0 Å². The number of alkyl halides is 1. The highest BCUT2D eigenvalue weighted by Gasteiger charge is 1.98. The molecule has 0 atom stereocenters. The zero-order chi connectivity index (χ0) is 5.21. The van der Waals surface area contributed by atoms with E-state index in [0.717, 1.165) is 0 Å². The van der Waals surface area contributed by atoms with Crippen LogP contribution < -0.4 is 0 Å². The average Bonchev–Trinajstić information content (AvgIpc) is 1.35. The second-order valence-electron chi connectivity index (χ2n) is 0.667. The molecule has 0 bridgehead atoms. The molecule has 37 valence electrons. The molecule has 0 heterocycles. The summed E-state index contributed by atoms with van der Waals surface area (Å²) in [5, 5.41) is 0. The zero-order valence-corrected chi connectivity index (χ0v) is 5.12. The lowest BCUT2D eigenvalue weighted by Gasteiger charge is -1.74. The first kappa shape index (κ1) is 6.39. The first-order valence-electron chi connectivity index (χ1n) is 1.06. The van der Waals surface area contributed by atoms with E-state index in [-0.39, 0.29) is 0 Å². The van der Waals surface area contributed by atoms with E-state index in [2.05, 4.69) is 15.9 Å². The molecule has 0 aromatic rings. The van der Waals surface area contributed by atoms with Crippen molar-refractivity contribution in [3.05, 3.63) is 0 Å².